The lowest BCUT2D eigenvalue weighted by atomic mass is 10.1. The van der Waals surface area contributed by atoms with Gasteiger partial charge in [-0.1, -0.05) is 12.1 Å². The molecule has 2 aromatic heterocycles. The highest BCUT2D eigenvalue weighted by molar-refractivity contribution is 5.90. The van der Waals surface area contributed by atoms with Gasteiger partial charge in [-0.2, -0.15) is 18.3 Å². The molecule has 0 fully saturated rings. The summed E-state index contributed by atoms with van der Waals surface area (Å²) < 4.78 is 38.2. The zero-order chi connectivity index (χ0) is 16.6. The summed E-state index contributed by atoms with van der Waals surface area (Å²) in [7, 11) is 0. The number of hydrogen-bond donors (Lipinski definition) is 2. The first kappa shape index (κ1) is 15.3. The second-order valence-electron chi connectivity index (χ2n) is 5.43. The van der Waals surface area contributed by atoms with Crippen LogP contribution >= 0.6 is 0 Å². The molecule has 23 heavy (non-hydrogen) atoms. The van der Waals surface area contributed by atoms with Gasteiger partial charge in [0.05, 0.1) is 10.9 Å². The molecule has 0 atom stereocenters. The van der Waals surface area contributed by atoms with Gasteiger partial charge in [-0.05, 0) is 43.2 Å². The fraction of sp³-hybridized carbons (Fsp3) is 0.250. The fourth-order valence-corrected chi connectivity index (χ4v) is 2.55. The number of benzene rings is 1. The molecular formula is C16H15F3N4. The maximum absolute atomic E-state index is 12.7. The van der Waals surface area contributed by atoms with Crippen LogP contribution in [-0.2, 0) is 12.7 Å². The van der Waals surface area contributed by atoms with E-state index in [9.17, 15) is 13.2 Å². The van der Waals surface area contributed by atoms with Crippen molar-refractivity contribution in [2.45, 2.75) is 26.6 Å². The van der Waals surface area contributed by atoms with Crippen molar-refractivity contribution < 1.29 is 13.2 Å². The van der Waals surface area contributed by atoms with Crippen molar-refractivity contribution in [1.29, 1.82) is 0 Å². The van der Waals surface area contributed by atoms with E-state index in [4.69, 9.17) is 0 Å². The van der Waals surface area contributed by atoms with Crippen molar-refractivity contribution in [3.05, 3.63) is 52.7 Å². The number of fused-ring (bicyclic) bond motifs is 1. The molecule has 2 heterocycles. The highest BCUT2D eigenvalue weighted by Gasteiger charge is 2.30. The number of alkyl halides is 3. The van der Waals surface area contributed by atoms with E-state index < -0.39 is 11.7 Å². The summed E-state index contributed by atoms with van der Waals surface area (Å²) in [6.45, 7) is 4.09. The van der Waals surface area contributed by atoms with E-state index in [1.165, 1.54) is 6.07 Å². The summed E-state index contributed by atoms with van der Waals surface area (Å²) in [5.41, 5.74) is 2.43. The third kappa shape index (κ3) is 3.13. The van der Waals surface area contributed by atoms with Gasteiger partial charge in [0.25, 0.3) is 0 Å². The van der Waals surface area contributed by atoms with E-state index in [1.54, 1.807) is 6.07 Å². The molecule has 0 bridgehead atoms. The Morgan fingerprint density at radius 3 is 2.70 bits per heavy atom. The Morgan fingerprint density at radius 1 is 1.17 bits per heavy atom. The van der Waals surface area contributed by atoms with Crippen LogP contribution in [0.2, 0.25) is 0 Å². The molecule has 0 aliphatic carbocycles. The van der Waals surface area contributed by atoms with Crippen LogP contribution < -0.4 is 5.32 Å². The molecule has 1 aromatic carbocycles. The van der Waals surface area contributed by atoms with Crippen molar-refractivity contribution in [3.63, 3.8) is 0 Å². The van der Waals surface area contributed by atoms with Crippen LogP contribution in [0.15, 0.2) is 30.3 Å². The summed E-state index contributed by atoms with van der Waals surface area (Å²) in [5, 5.41) is 10.9. The summed E-state index contributed by atoms with van der Waals surface area (Å²) in [6.07, 6.45) is -4.34. The van der Waals surface area contributed by atoms with Gasteiger partial charge in [-0.25, -0.2) is 4.98 Å². The Kier molecular flexibility index (Phi) is 3.71. The molecule has 120 valence electrons. The van der Waals surface area contributed by atoms with E-state index in [-0.39, 0.29) is 6.54 Å². The minimum absolute atomic E-state index is 0.247. The van der Waals surface area contributed by atoms with Gasteiger partial charge in [-0.15, -0.1) is 0 Å². The molecule has 0 aliphatic rings. The Morgan fingerprint density at radius 2 is 1.96 bits per heavy atom. The number of H-pyrrole nitrogens is 1. The van der Waals surface area contributed by atoms with Crippen LogP contribution in [0.5, 0.6) is 0 Å². The molecule has 0 spiro atoms. The summed E-state index contributed by atoms with van der Waals surface area (Å²) >= 11 is 0. The molecule has 7 heteroatoms. The van der Waals surface area contributed by atoms with Crippen LogP contribution in [0.3, 0.4) is 0 Å². The van der Waals surface area contributed by atoms with Crippen molar-refractivity contribution in [3.8, 4) is 0 Å². The van der Waals surface area contributed by atoms with Crippen molar-refractivity contribution >= 4 is 16.9 Å². The quantitative estimate of drug-likeness (QED) is 0.760. The van der Waals surface area contributed by atoms with Crippen molar-refractivity contribution in [2.24, 2.45) is 0 Å². The molecule has 0 aliphatic heterocycles. The molecule has 0 amide bonds. The van der Waals surface area contributed by atoms with Crippen molar-refractivity contribution in [2.75, 3.05) is 5.32 Å². The number of nitrogens with one attached hydrogen (secondary N) is 2. The number of rotatable bonds is 3. The lowest BCUT2D eigenvalue weighted by molar-refractivity contribution is -0.137. The first-order chi connectivity index (χ1) is 10.8. The number of aromatic amines is 1. The average Bonchev–Trinajstić information content (AvgIpc) is 2.87. The average molecular weight is 320 g/mol. The second-order valence-corrected chi connectivity index (χ2v) is 5.43. The molecular weight excluding hydrogens is 305 g/mol. The predicted molar refractivity (Wildman–Crippen MR) is 82.1 cm³/mol. The topological polar surface area (TPSA) is 53.6 Å². The smallest absolute Gasteiger partial charge is 0.364 e. The Bertz CT molecular complexity index is 852. The first-order valence-corrected chi connectivity index (χ1v) is 7.07. The predicted octanol–water partition coefficient (Wildman–Crippen LogP) is 4.21. The zero-order valence-corrected chi connectivity index (χ0v) is 12.6. The Balaban J connectivity index is 1.84. The van der Waals surface area contributed by atoms with Crippen LogP contribution in [0.25, 0.3) is 11.0 Å². The van der Waals surface area contributed by atoms with Gasteiger partial charge in [0, 0.05) is 12.2 Å². The molecule has 2 N–H and O–H groups in total. The Labute approximate surface area is 130 Å². The van der Waals surface area contributed by atoms with Crippen LogP contribution in [0.1, 0.15) is 22.4 Å². The number of nitrogens with zero attached hydrogens (tertiary/aromatic N) is 2. The van der Waals surface area contributed by atoms with Gasteiger partial charge in [0.2, 0.25) is 0 Å². The van der Waals surface area contributed by atoms with Gasteiger partial charge in [-0.3, -0.25) is 5.10 Å². The number of pyridine rings is 1. The molecule has 3 rings (SSSR count). The number of anilines is 1. The lowest BCUT2D eigenvalue weighted by Gasteiger charge is -2.09. The SMILES string of the molecule is Cc1cc(C)c2c(NCc3cccc(C(F)(F)F)c3)n[nH]c2n1. The third-order valence-electron chi connectivity index (χ3n) is 3.57. The van der Waals surface area contributed by atoms with E-state index in [0.29, 0.717) is 17.0 Å². The van der Waals surface area contributed by atoms with Gasteiger partial charge < -0.3 is 5.32 Å². The molecule has 4 nitrogen and oxygen atoms in total. The highest BCUT2D eigenvalue weighted by Crippen LogP contribution is 2.30. The normalized spacial score (nSPS) is 11.9. The highest BCUT2D eigenvalue weighted by atomic mass is 19.4. The minimum Gasteiger partial charge on any atom is -0.364 e. The van der Waals surface area contributed by atoms with Crippen molar-refractivity contribution in [1.82, 2.24) is 15.2 Å². The van der Waals surface area contributed by atoms with E-state index >= 15 is 0 Å². The van der Waals surface area contributed by atoms with Crippen LogP contribution in [-0.4, -0.2) is 15.2 Å². The molecule has 0 radical (unpaired) electrons. The maximum Gasteiger partial charge on any atom is 0.416 e. The molecule has 0 saturated heterocycles. The molecule has 0 unspecified atom stereocenters. The monoisotopic (exact) mass is 320 g/mol. The molecule has 0 saturated carbocycles. The number of aryl methyl sites for hydroxylation is 2. The van der Waals surface area contributed by atoms with Gasteiger partial charge in [0.1, 0.15) is 0 Å². The summed E-state index contributed by atoms with van der Waals surface area (Å²) in [4.78, 5) is 4.35. The fourth-order valence-electron chi connectivity index (χ4n) is 2.55. The third-order valence-corrected chi connectivity index (χ3v) is 3.57. The summed E-state index contributed by atoms with van der Waals surface area (Å²) in [6, 6.07) is 7.18. The van der Waals surface area contributed by atoms with E-state index in [2.05, 4.69) is 20.5 Å². The van der Waals surface area contributed by atoms with E-state index in [0.717, 1.165) is 28.8 Å². The largest absolute Gasteiger partial charge is 0.416 e. The zero-order valence-electron chi connectivity index (χ0n) is 12.6. The number of halogens is 3. The Hall–Kier alpha value is -2.57. The number of hydrogen-bond acceptors (Lipinski definition) is 3. The minimum atomic E-state index is -4.34. The summed E-state index contributed by atoms with van der Waals surface area (Å²) in [5.74, 6) is 0.586. The standard InChI is InChI=1S/C16H15F3N4/c1-9-6-10(2)21-15-13(9)14(22-23-15)20-8-11-4-3-5-12(7-11)16(17,18)19/h3-7H,8H2,1-2H3,(H2,20,21,22,23). The van der Waals surface area contributed by atoms with Crippen LogP contribution in [0.4, 0.5) is 19.0 Å². The number of aromatic nitrogens is 3. The lowest BCUT2D eigenvalue weighted by Crippen LogP contribution is -2.07. The van der Waals surface area contributed by atoms with Gasteiger partial charge in [0.15, 0.2) is 11.5 Å². The van der Waals surface area contributed by atoms with E-state index in [1.807, 2.05) is 19.9 Å². The second kappa shape index (κ2) is 5.57. The first-order valence-electron chi connectivity index (χ1n) is 7.07. The van der Waals surface area contributed by atoms with Gasteiger partial charge >= 0.3 is 6.18 Å². The maximum atomic E-state index is 12.7. The molecule has 3 aromatic rings. The van der Waals surface area contributed by atoms with Crippen LogP contribution in [0, 0.1) is 13.8 Å².